The van der Waals surface area contributed by atoms with Crippen LogP contribution in [0.1, 0.15) is 5.56 Å². The topological polar surface area (TPSA) is 73.4 Å². The fourth-order valence-corrected chi connectivity index (χ4v) is 2.75. The number of benzene rings is 1. The van der Waals surface area contributed by atoms with E-state index in [9.17, 15) is 4.79 Å². The average molecular weight is 333 g/mol. The van der Waals surface area contributed by atoms with Crippen molar-refractivity contribution in [3.63, 3.8) is 0 Å². The number of hydrogen-bond acceptors (Lipinski definition) is 5. The normalized spacial score (nSPS) is 10.7. The van der Waals surface area contributed by atoms with Crippen LogP contribution in [0, 0.1) is 0 Å². The molecule has 3 aromatic heterocycles. The van der Waals surface area contributed by atoms with E-state index in [1.807, 2.05) is 53.3 Å². The minimum Gasteiger partial charge on any atom is -0.409 e. The van der Waals surface area contributed by atoms with Crippen LogP contribution in [0.2, 0.25) is 0 Å². The van der Waals surface area contributed by atoms with Crippen molar-refractivity contribution in [3.05, 3.63) is 72.8 Å². The van der Waals surface area contributed by atoms with E-state index >= 15 is 0 Å². The Labute approximate surface area is 143 Å². The monoisotopic (exact) mass is 333 g/mol. The molecule has 0 saturated heterocycles. The molecule has 7 nitrogen and oxygen atoms in total. The highest BCUT2D eigenvalue weighted by atomic mass is 16.5. The van der Waals surface area contributed by atoms with Crippen molar-refractivity contribution in [2.24, 2.45) is 0 Å². The highest BCUT2D eigenvalue weighted by Crippen LogP contribution is 2.26. The van der Waals surface area contributed by atoms with Gasteiger partial charge in [0.05, 0.1) is 11.4 Å². The van der Waals surface area contributed by atoms with Crippen molar-refractivity contribution in [2.45, 2.75) is 6.54 Å². The summed E-state index contributed by atoms with van der Waals surface area (Å²) in [6.07, 6.45) is 7.05. The molecule has 124 valence electrons. The van der Waals surface area contributed by atoms with E-state index in [2.05, 4.69) is 15.4 Å². The molecular weight excluding hydrogens is 318 g/mol. The lowest BCUT2D eigenvalue weighted by molar-refractivity contribution is -0.120. The second kappa shape index (κ2) is 6.48. The fraction of sp³-hybridized carbons (Fsp3) is 0.0556. The lowest BCUT2D eigenvalue weighted by Gasteiger charge is -2.14. The number of pyridine rings is 1. The summed E-state index contributed by atoms with van der Waals surface area (Å²) in [6.45, 7) is 0.961. The summed E-state index contributed by atoms with van der Waals surface area (Å²) in [5.74, 6) is 0.404. The minimum absolute atomic E-state index is 0.404. The summed E-state index contributed by atoms with van der Waals surface area (Å²) in [5, 5.41) is 7.61. The number of para-hydroxylation sites is 1. The summed E-state index contributed by atoms with van der Waals surface area (Å²) in [7, 11) is 0. The molecule has 0 saturated carbocycles. The van der Waals surface area contributed by atoms with Crippen LogP contribution in [0.5, 0.6) is 5.88 Å². The van der Waals surface area contributed by atoms with E-state index in [4.69, 9.17) is 4.74 Å². The third-order valence-corrected chi connectivity index (χ3v) is 3.89. The predicted octanol–water partition coefficient (Wildman–Crippen LogP) is 2.67. The Balaban J connectivity index is 1.65. The van der Waals surface area contributed by atoms with Crippen LogP contribution in [-0.2, 0) is 11.3 Å². The molecule has 0 unspecified atom stereocenters. The highest BCUT2D eigenvalue weighted by molar-refractivity contribution is 5.63. The molecule has 25 heavy (non-hydrogen) atoms. The molecule has 7 heteroatoms. The first-order chi connectivity index (χ1) is 12.4. The first-order valence-corrected chi connectivity index (χ1v) is 7.75. The van der Waals surface area contributed by atoms with Gasteiger partial charge in [-0.1, -0.05) is 18.2 Å². The van der Waals surface area contributed by atoms with Gasteiger partial charge in [-0.05, 0) is 29.8 Å². The second-order valence-electron chi connectivity index (χ2n) is 5.35. The number of carbonyl (C=O) groups excluding carboxylic acids is 1. The van der Waals surface area contributed by atoms with E-state index < -0.39 is 0 Å². The maximum absolute atomic E-state index is 10.9. The SMILES string of the molecule is O=COc1c(NCc2ccccc2-n2cccn2)ccc2nccn12. The Morgan fingerprint density at radius 2 is 2.00 bits per heavy atom. The molecule has 0 amide bonds. The van der Waals surface area contributed by atoms with Crippen molar-refractivity contribution in [1.82, 2.24) is 19.2 Å². The quantitative estimate of drug-likeness (QED) is 0.549. The van der Waals surface area contributed by atoms with Crippen LogP contribution in [0.3, 0.4) is 0 Å². The number of imidazole rings is 1. The standard InChI is InChI=1S/C18H15N5O2/c24-13-25-18-15(6-7-17-19-9-11-22(17)18)20-12-14-4-1-2-5-16(14)23-10-3-8-21-23/h1-11,13,20H,12H2. The van der Waals surface area contributed by atoms with E-state index in [1.165, 1.54) is 0 Å². The molecule has 0 atom stereocenters. The minimum atomic E-state index is 0.404. The van der Waals surface area contributed by atoms with Gasteiger partial charge in [0, 0.05) is 31.3 Å². The van der Waals surface area contributed by atoms with Crippen LogP contribution in [0.4, 0.5) is 5.69 Å². The second-order valence-corrected chi connectivity index (χ2v) is 5.35. The van der Waals surface area contributed by atoms with Crippen molar-refractivity contribution in [1.29, 1.82) is 0 Å². The van der Waals surface area contributed by atoms with Crippen molar-refractivity contribution >= 4 is 17.8 Å². The number of ether oxygens (including phenoxy) is 1. The third-order valence-electron chi connectivity index (χ3n) is 3.89. The predicted molar refractivity (Wildman–Crippen MR) is 92.8 cm³/mol. The Hall–Kier alpha value is -3.61. The molecule has 0 fully saturated rings. The Kier molecular flexibility index (Phi) is 3.88. The van der Waals surface area contributed by atoms with Gasteiger partial charge < -0.3 is 10.1 Å². The molecule has 4 aromatic rings. The van der Waals surface area contributed by atoms with Crippen LogP contribution >= 0.6 is 0 Å². The van der Waals surface area contributed by atoms with Gasteiger partial charge >= 0.3 is 0 Å². The summed E-state index contributed by atoms with van der Waals surface area (Å²) in [6, 6.07) is 13.6. The molecule has 4 rings (SSSR count). The van der Waals surface area contributed by atoms with Crippen molar-refractivity contribution in [2.75, 3.05) is 5.32 Å². The molecular formula is C18H15N5O2. The molecule has 0 spiro atoms. The number of nitrogens with zero attached hydrogens (tertiary/aromatic N) is 4. The number of fused-ring (bicyclic) bond motifs is 1. The number of nitrogens with one attached hydrogen (secondary N) is 1. The highest BCUT2D eigenvalue weighted by Gasteiger charge is 2.11. The molecule has 1 aromatic carbocycles. The van der Waals surface area contributed by atoms with Crippen molar-refractivity contribution < 1.29 is 9.53 Å². The zero-order valence-electron chi connectivity index (χ0n) is 13.2. The lowest BCUT2D eigenvalue weighted by Crippen LogP contribution is -2.08. The maximum atomic E-state index is 10.9. The van der Waals surface area contributed by atoms with Gasteiger partial charge in [0.15, 0.2) is 0 Å². The third kappa shape index (κ3) is 2.83. The summed E-state index contributed by atoms with van der Waals surface area (Å²) >= 11 is 0. The van der Waals surface area contributed by atoms with Gasteiger partial charge in [-0.15, -0.1) is 0 Å². The van der Waals surface area contributed by atoms with Gasteiger partial charge in [0.2, 0.25) is 5.88 Å². The zero-order chi connectivity index (χ0) is 17.1. The Morgan fingerprint density at radius 3 is 2.84 bits per heavy atom. The van der Waals surface area contributed by atoms with Crippen LogP contribution in [0.15, 0.2) is 67.3 Å². The van der Waals surface area contributed by atoms with Crippen molar-refractivity contribution in [3.8, 4) is 11.6 Å². The summed E-state index contributed by atoms with van der Waals surface area (Å²) < 4.78 is 8.70. The van der Waals surface area contributed by atoms with Crippen LogP contribution < -0.4 is 10.1 Å². The van der Waals surface area contributed by atoms with Gasteiger partial charge in [-0.25, -0.2) is 9.67 Å². The largest absolute Gasteiger partial charge is 0.409 e. The number of aromatic nitrogens is 4. The molecule has 3 heterocycles. The van der Waals surface area contributed by atoms with Gasteiger partial charge in [0.25, 0.3) is 6.47 Å². The maximum Gasteiger partial charge on any atom is 0.299 e. The van der Waals surface area contributed by atoms with E-state index in [0.29, 0.717) is 30.2 Å². The summed E-state index contributed by atoms with van der Waals surface area (Å²) in [5.41, 5.74) is 3.46. The Bertz CT molecular complexity index is 1010. The lowest BCUT2D eigenvalue weighted by atomic mass is 10.1. The molecule has 0 bridgehead atoms. The van der Waals surface area contributed by atoms with E-state index in [0.717, 1.165) is 11.3 Å². The number of anilines is 1. The molecule has 1 N–H and O–H groups in total. The van der Waals surface area contributed by atoms with Gasteiger partial charge in [0.1, 0.15) is 5.65 Å². The summed E-state index contributed by atoms with van der Waals surface area (Å²) in [4.78, 5) is 15.1. The smallest absolute Gasteiger partial charge is 0.299 e. The van der Waals surface area contributed by atoms with E-state index in [1.54, 1.807) is 23.0 Å². The van der Waals surface area contributed by atoms with Gasteiger partial charge in [-0.2, -0.15) is 5.10 Å². The van der Waals surface area contributed by atoms with Crippen LogP contribution in [0.25, 0.3) is 11.3 Å². The molecule has 0 aliphatic carbocycles. The first kappa shape index (κ1) is 14.9. The average Bonchev–Trinajstić information content (AvgIpc) is 3.33. The number of carbonyl (C=O) groups is 1. The molecule has 0 aliphatic heterocycles. The number of hydrogen-bond donors (Lipinski definition) is 1. The van der Waals surface area contributed by atoms with E-state index in [-0.39, 0.29) is 0 Å². The number of rotatable bonds is 6. The Morgan fingerprint density at radius 1 is 1.08 bits per heavy atom. The molecule has 0 radical (unpaired) electrons. The molecule has 0 aliphatic rings. The van der Waals surface area contributed by atoms with Gasteiger partial charge in [-0.3, -0.25) is 9.20 Å². The van der Waals surface area contributed by atoms with Crippen LogP contribution in [-0.4, -0.2) is 25.6 Å². The zero-order valence-corrected chi connectivity index (χ0v) is 13.2. The fourth-order valence-electron chi connectivity index (χ4n) is 2.75. The first-order valence-electron chi connectivity index (χ1n) is 7.75.